The molecule has 1 unspecified atom stereocenters. The van der Waals surface area contributed by atoms with Crippen molar-refractivity contribution in [2.24, 2.45) is 0 Å². The number of hydrogen-bond acceptors (Lipinski definition) is 2. The summed E-state index contributed by atoms with van der Waals surface area (Å²) in [5.41, 5.74) is 2.56. The van der Waals surface area contributed by atoms with Crippen LogP contribution in [0.2, 0.25) is 0 Å². The van der Waals surface area contributed by atoms with E-state index in [0.717, 1.165) is 19.5 Å². The Balaban J connectivity index is 1.50. The lowest BCUT2D eigenvalue weighted by molar-refractivity contribution is 0.530. The predicted octanol–water partition coefficient (Wildman–Crippen LogP) is 3.78. The average molecular weight is 279 g/mol. The molecular weight excluding hydrogens is 258 g/mol. The summed E-state index contributed by atoms with van der Waals surface area (Å²) >= 11 is 0. The number of hydrogen-bond donors (Lipinski definition) is 1. The third-order valence-electron chi connectivity index (χ3n) is 3.89. The Morgan fingerprint density at radius 1 is 1.14 bits per heavy atom. The zero-order valence-corrected chi connectivity index (χ0v) is 12.4. The number of rotatable bonds is 6. The highest BCUT2D eigenvalue weighted by molar-refractivity contribution is 5.79. The lowest BCUT2D eigenvalue weighted by atomic mass is 10.1. The highest BCUT2D eigenvalue weighted by Gasteiger charge is 2.04. The molecule has 3 rings (SSSR count). The summed E-state index contributed by atoms with van der Waals surface area (Å²) in [6.07, 6.45) is 7.03. The van der Waals surface area contributed by atoms with E-state index in [2.05, 4.69) is 64.4 Å². The fourth-order valence-electron chi connectivity index (χ4n) is 2.65. The first-order chi connectivity index (χ1) is 10.3. The molecule has 0 saturated heterocycles. The molecule has 0 amide bonds. The van der Waals surface area contributed by atoms with Crippen molar-refractivity contribution >= 4 is 10.9 Å². The number of aromatic nitrogens is 2. The minimum Gasteiger partial charge on any atom is -0.347 e. The van der Waals surface area contributed by atoms with Crippen LogP contribution in [0.15, 0.2) is 61.1 Å². The van der Waals surface area contributed by atoms with Gasteiger partial charge < -0.3 is 9.88 Å². The van der Waals surface area contributed by atoms with Crippen molar-refractivity contribution in [3.63, 3.8) is 0 Å². The Morgan fingerprint density at radius 3 is 2.90 bits per heavy atom. The smallest absolute Gasteiger partial charge is 0.0480 e. The van der Waals surface area contributed by atoms with Gasteiger partial charge in [0.05, 0.1) is 0 Å². The Bertz CT molecular complexity index is 688. The number of benzene rings is 1. The van der Waals surface area contributed by atoms with Crippen LogP contribution in [0.25, 0.3) is 10.9 Å². The minimum absolute atomic E-state index is 0.347. The molecule has 108 valence electrons. The summed E-state index contributed by atoms with van der Waals surface area (Å²) in [5, 5.41) is 4.87. The number of nitrogens with one attached hydrogen (secondary N) is 1. The zero-order chi connectivity index (χ0) is 14.5. The van der Waals surface area contributed by atoms with E-state index in [1.165, 1.54) is 16.5 Å². The third kappa shape index (κ3) is 3.31. The molecule has 21 heavy (non-hydrogen) atoms. The molecule has 2 aromatic heterocycles. The van der Waals surface area contributed by atoms with E-state index < -0.39 is 0 Å². The summed E-state index contributed by atoms with van der Waals surface area (Å²) in [5.74, 6) is 0. The van der Waals surface area contributed by atoms with Gasteiger partial charge in [-0.3, -0.25) is 4.98 Å². The Labute approximate surface area is 125 Å². The molecule has 3 nitrogen and oxygen atoms in total. The van der Waals surface area contributed by atoms with Gasteiger partial charge in [-0.25, -0.2) is 0 Å². The summed E-state index contributed by atoms with van der Waals surface area (Å²) in [7, 11) is 0. The maximum absolute atomic E-state index is 4.16. The molecule has 0 saturated carbocycles. The number of nitrogens with zero attached hydrogens (tertiary/aromatic N) is 2. The van der Waals surface area contributed by atoms with Crippen LogP contribution in [-0.2, 0) is 6.54 Å². The molecule has 1 N–H and O–H groups in total. The van der Waals surface area contributed by atoms with Crippen LogP contribution in [0.3, 0.4) is 0 Å². The van der Waals surface area contributed by atoms with Gasteiger partial charge in [-0.05, 0) is 49.0 Å². The first-order valence-corrected chi connectivity index (χ1v) is 7.52. The van der Waals surface area contributed by atoms with Crippen molar-refractivity contribution in [1.82, 2.24) is 14.9 Å². The second-order valence-electron chi connectivity index (χ2n) is 5.38. The molecule has 0 fully saturated rings. The second kappa shape index (κ2) is 6.55. The fraction of sp³-hybridized carbons (Fsp3) is 0.278. The Morgan fingerprint density at radius 2 is 2.05 bits per heavy atom. The number of para-hydroxylation sites is 1. The molecule has 0 aliphatic rings. The minimum atomic E-state index is 0.347. The fourth-order valence-corrected chi connectivity index (χ4v) is 2.65. The van der Waals surface area contributed by atoms with Crippen LogP contribution in [0.1, 0.15) is 24.9 Å². The van der Waals surface area contributed by atoms with E-state index in [1.54, 1.807) is 0 Å². The molecule has 3 heteroatoms. The van der Waals surface area contributed by atoms with E-state index in [4.69, 9.17) is 0 Å². The summed E-state index contributed by atoms with van der Waals surface area (Å²) in [4.78, 5) is 4.16. The van der Waals surface area contributed by atoms with E-state index in [9.17, 15) is 0 Å². The largest absolute Gasteiger partial charge is 0.347 e. The molecule has 0 spiro atoms. The zero-order valence-electron chi connectivity index (χ0n) is 12.4. The summed E-state index contributed by atoms with van der Waals surface area (Å²) < 4.78 is 2.33. The quantitative estimate of drug-likeness (QED) is 0.696. The van der Waals surface area contributed by atoms with Gasteiger partial charge in [0.2, 0.25) is 0 Å². The van der Waals surface area contributed by atoms with Gasteiger partial charge in [0.15, 0.2) is 0 Å². The SMILES string of the molecule is CC(NCCCn1ccc2ccccc21)c1cccnc1. The molecule has 1 aromatic carbocycles. The van der Waals surface area contributed by atoms with E-state index in [0.29, 0.717) is 6.04 Å². The average Bonchev–Trinajstić information content (AvgIpc) is 2.95. The van der Waals surface area contributed by atoms with Crippen LogP contribution < -0.4 is 5.32 Å². The monoisotopic (exact) mass is 279 g/mol. The highest BCUT2D eigenvalue weighted by atomic mass is 15.0. The van der Waals surface area contributed by atoms with Crippen LogP contribution in [-0.4, -0.2) is 16.1 Å². The third-order valence-corrected chi connectivity index (χ3v) is 3.89. The first kappa shape index (κ1) is 13.8. The van der Waals surface area contributed by atoms with E-state index >= 15 is 0 Å². The Hall–Kier alpha value is -2.13. The maximum atomic E-state index is 4.16. The topological polar surface area (TPSA) is 29.9 Å². The van der Waals surface area contributed by atoms with E-state index in [1.807, 2.05) is 18.5 Å². The Kier molecular flexibility index (Phi) is 4.31. The van der Waals surface area contributed by atoms with Crippen molar-refractivity contribution < 1.29 is 0 Å². The molecule has 0 aliphatic heterocycles. The number of aryl methyl sites for hydroxylation is 1. The van der Waals surface area contributed by atoms with Gasteiger partial charge in [0, 0.05) is 36.7 Å². The molecular formula is C18H21N3. The van der Waals surface area contributed by atoms with Gasteiger partial charge in [-0.2, -0.15) is 0 Å². The van der Waals surface area contributed by atoms with Gasteiger partial charge in [0.1, 0.15) is 0 Å². The lowest BCUT2D eigenvalue weighted by Gasteiger charge is -2.14. The number of fused-ring (bicyclic) bond motifs is 1. The van der Waals surface area contributed by atoms with Crippen LogP contribution in [0, 0.1) is 0 Å². The predicted molar refractivity (Wildman–Crippen MR) is 87.2 cm³/mol. The van der Waals surface area contributed by atoms with Gasteiger partial charge in [-0.15, -0.1) is 0 Å². The van der Waals surface area contributed by atoms with Crippen molar-refractivity contribution in [2.45, 2.75) is 25.9 Å². The lowest BCUT2D eigenvalue weighted by Crippen LogP contribution is -2.21. The van der Waals surface area contributed by atoms with Crippen LogP contribution in [0.5, 0.6) is 0 Å². The highest BCUT2D eigenvalue weighted by Crippen LogP contribution is 2.15. The summed E-state index contributed by atoms with van der Waals surface area (Å²) in [6.45, 7) is 4.23. The summed E-state index contributed by atoms with van der Waals surface area (Å²) in [6, 6.07) is 15.2. The molecule has 0 aliphatic carbocycles. The van der Waals surface area contributed by atoms with Crippen molar-refractivity contribution in [3.8, 4) is 0 Å². The molecule has 1 atom stereocenters. The van der Waals surface area contributed by atoms with Crippen LogP contribution in [0.4, 0.5) is 0 Å². The van der Waals surface area contributed by atoms with Crippen LogP contribution >= 0.6 is 0 Å². The number of pyridine rings is 1. The normalized spacial score (nSPS) is 12.6. The van der Waals surface area contributed by atoms with Crippen molar-refractivity contribution in [3.05, 3.63) is 66.6 Å². The maximum Gasteiger partial charge on any atom is 0.0480 e. The molecule has 2 heterocycles. The first-order valence-electron chi connectivity index (χ1n) is 7.52. The molecule has 0 radical (unpaired) electrons. The molecule has 3 aromatic rings. The molecule has 0 bridgehead atoms. The van der Waals surface area contributed by atoms with E-state index in [-0.39, 0.29) is 0 Å². The van der Waals surface area contributed by atoms with Gasteiger partial charge in [-0.1, -0.05) is 24.3 Å². The van der Waals surface area contributed by atoms with Gasteiger partial charge >= 0.3 is 0 Å². The van der Waals surface area contributed by atoms with Gasteiger partial charge in [0.25, 0.3) is 0 Å². The second-order valence-corrected chi connectivity index (χ2v) is 5.38. The van der Waals surface area contributed by atoms with Crippen molar-refractivity contribution in [1.29, 1.82) is 0 Å². The standard InChI is InChI=1S/C18H21N3/c1-15(17-7-4-10-19-14-17)20-11-5-12-21-13-9-16-6-2-3-8-18(16)21/h2-4,6-10,13-15,20H,5,11-12H2,1H3. The van der Waals surface area contributed by atoms with Crippen molar-refractivity contribution in [2.75, 3.05) is 6.54 Å².